The van der Waals surface area contributed by atoms with Crippen molar-refractivity contribution in [3.63, 3.8) is 0 Å². The number of halogens is 1. The van der Waals surface area contributed by atoms with E-state index in [0.29, 0.717) is 18.6 Å². The first-order valence-corrected chi connectivity index (χ1v) is 12.3. The third kappa shape index (κ3) is 5.16. The largest absolute Gasteiger partial charge is 0.494 e. The van der Waals surface area contributed by atoms with E-state index < -0.39 is 11.8 Å². The number of cyclic esters (lactones) is 1. The lowest BCUT2D eigenvalue weighted by molar-refractivity contribution is 0.0209. The van der Waals surface area contributed by atoms with Gasteiger partial charge < -0.3 is 9.47 Å². The van der Waals surface area contributed by atoms with Gasteiger partial charge in [0, 0.05) is 12.0 Å². The van der Waals surface area contributed by atoms with Gasteiger partial charge in [0.05, 0.1) is 12.2 Å². The smallest absolute Gasteiger partial charge is 0.341 e. The van der Waals surface area contributed by atoms with Crippen molar-refractivity contribution in [1.29, 1.82) is 0 Å². The summed E-state index contributed by atoms with van der Waals surface area (Å²) < 4.78 is 26.5. The first kappa shape index (κ1) is 22.8. The van der Waals surface area contributed by atoms with Crippen LogP contribution in [0.3, 0.4) is 0 Å². The number of carbonyl (C=O) groups excluding carboxylic acids is 1. The number of hydrogen-bond donors (Lipinski definition) is 0. The van der Waals surface area contributed by atoms with Crippen LogP contribution in [0.25, 0.3) is 11.1 Å². The summed E-state index contributed by atoms with van der Waals surface area (Å²) in [5, 5.41) is 0. The van der Waals surface area contributed by atoms with Gasteiger partial charge in [-0.15, -0.1) is 0 Å². The molecule has 1 atom stereocenters. The predicted molar refractivity (Wildman–Crippen MR) is 126 cm³/mol. The molecule has 1 unspecified atom stereocenters. The van der Waals surface area contributed by atoms with Gasteiger partial charge in [0.15, 0.2) is 0 Å². The van der Waals surface area contributed by atoms with Gasteiger partial charge in [-0.25, -0.2) is 9.18 Å². The zero-order valence-corrected chi connectivity index (χ0v) is 19.4. The highest BCUT2D eigenvalue weighted by molar-refractivity contribution is 5.94. The molecule has 1 fully saturated rings. The molecule has 0 amide bonds. The molecule has 32 heavy (non-hydrogen) atoms. The number of hydrogen-bond acceptors (Lipinski definition) is 3. The molecule has 172 valence electrons. The summed E-state index contributed by atoms with van der Waals surface area (Å²) in [5.74, 6) is 1.39. The Bertz CT molecular complexity index is 913. The molecule has 4 rings (SSSR count). The normalized spacial score (nSPS) is 22.8. The molecule has 0 aromatic heterocycles. The first-order chi connectivity index (χ1) is 15.6. The SMILES string of the molecule is CCCC1CCC(CCC2Cc3ccc(-c4ccc(OCC)cc4)c(F)c3C(=O)O2)CC1. The number of benzene rings is 2. The van der Waals surface area contributed by atoms with E-state index in [0.717, 1.165) is 41.6 Å². The minimum atomic E-state index is -0.520. The van der Waals surface area contributed by atoms with E-state index in [1.165, 1.54) is 38.5 Å². The molecule has 4 heteroatoms. The van der Waals surface area contributed by atoms with Crippen LogP contribution in [0.5, 0.6) is 5.75 Å². The maximum Gasteiger partial charge on any atom is 0.341 e. The van der Waals surface area contributed by atoms with E-state index in [-0.39, 0.29) is 11.7 Å². The van der Waals surface area contributed by atoms with Crippen LogP contribution in [-0.4, -0.2) is 18.7 Å². The second kappa shape index (κ2) is 10.5. The molecular weight excluding hydrogens is 403 g/mol. The van der Waals surface area contributed by atoms with E-state index in [9.17, 15) is 4.79 Å². The van der Waals surface area contributed by atoms with Crippen molar-refractivity contribution in [1.82, 2.24) is 0 Å². The van der Waals surface area contributed by atoms with Crippen LogP contribution in [0.1, 0.15) is 81.1 Å². The molecule has 2 aromatic carbocycles. The summed E-state index contributed by atoms with van der Waals surface area (Å²) in [6, 6.07) is 11.0. The third-order valence-corrected chi connectivity index (χ3v) is 7.19. The minimum Gasteiger partial charge on any atom is -0.494 e. The number of carbonyl (C=O) groups is 1. The summed E-state index contributed by atoms with van der Waals surface area (Å²) in [4.78, 5) is 12.7. The van der Waals surface area contributed by atoms with Crippen molar-refractivity contribution in [2.24, 2.45) is 11.8 Å². The average Bonchev–Trinajstić information content (AvgIpc) is 2.80. The van der Waals surface area contributed by atoms with Crippen molar-refractivity contribution in [2.75, 3.05) is 6.61 Å². The number of ether oxygens (including phenoxy) is 2. The highest BCUT2D eigenvalue weighted by Crippen LogP contribution is 2.36. The van der Waals surface area contributed by atoms with Crippen molar-refractivity contribution in [2.45, 2.75) is 77.7 Å². The predicted octanol–water partition coefficient (Wildman–Crippen LogP) is 7.36. The molecule has 1 aliphatic heterocycles. The molecule has 0 N–H and O–H groups in total. The van der Waals surface area contributed by atoms with Gasteiger partial charge in [-0.1, -0.05) is 69.7 Å². The quantitative estimate of drug-likeness (QED) is 0.404. The van der Waals surface area contributed by atoms with Crippen LogP contribution in [0.4, 0.5) is 4.39 Å². The van der Waals surface area contributed by atoms with Crippen molar-refractivity contribution < 1.29 is 18.7 Å². The van der Waals surface area contributed by atoms with Gasteiger partial charge in [-0.2, -0.15) is 0 Å². The van der Waals surface area contributed by atoms with Crippen LogP contribution in [-0.2, 0) is 11.2 Å². The monoisotopic (exact) mass is 438 g/mol. The first-order valence-electron chi connectivity index (χ1n) is 12.3. The molecular formula is C28H35FO3. The van der Waals surface area contributed by atoms with E-state index in [1.807, 2.05) is 37.3 Å². The van der Waals surface area contributed by atoms with Crippen molar-refractivity contribution >= 4 is 5.97 Å². The molecule has 2 aromatic rings. The Labute approximate surface area is 191 Å². The van der Waals surface area contributed by atoms with Crippen LogP contribution in [0, 0.1) is 17.7 Å². The topological polar surface area (TPSA) is 35.5 Å². The van der Waals surface area contributed by atoms with Gasteiger partial charge in [0.2, 0.25) is 0 Å². The van der Waals surface area contributed by atoms with Gasteiger partial charge in [0.1, 0.15) is 17.7 Å². The van der Waals surface area contributed by atoms with Crippen molar-refractivity contribution in [3.05, 3.63) is 53.3 Å². The fourth-order valence-corrected chi connectivity index (χ4v) is 5.42. The summed E-state index contributed by atoms with van der Waals surface area (Å²) >= 11 is 0. The lowest BCUT2D eigenvalue weighted by atomic mass is 9.78. The fourth-order valence-electron chi connectivity index (χ4n) is 5.42. The lowest BCUT2D eigenvalue weighted by Crippen LogP contribution is -2.29. The van der Waals surface area contributed by atoms with Crippen LogP contribution < -0.4 is 4.74 Å². The summed E-state index contributed by atoms with van der Waals surface area (Å²) in [5.41, 5.74) is 2.02. The van der Waals surface area contributed by atoms with E-state index in [2.05, 4.69) is 6.92 Å². The fraction of sp³-hybridized carbons (Fsp3) is 0.536. The minimum absolute atomic E-state index is 0.104. The van der Waals surface area contributed by atoms with E-state index in [1.54, 1.807) is 6.07 Å². The molecule has 3 nitrogen and oxygen atoms in total. The number of rotatable bonds is 8. The Balaban J connectivity index is 1.39. The standard InChI is InChI=1S/C28H35FO3/c1-3-5-19-6-8-20(9-7-19)10-14-24-18-22-13-17-25(27(29)26(22)28(30)32-24)21-11-15-23(16-12-21)31-4-2/h11-13,15-17,19-20,24H,3-10,14,18H2,1-2H3. The lowest BCUT2D eigenvalue weighted by Gasteiger charge is -2.30. The maximum atomic E-state index is 15.3. The second-order valence-electron chi connectivity index (χ2n) is 9.40. The molecule has 1 saturated carbocycles. The highest BCUT2D eigenvalue weighted by atomic mass is 19.1. The van der Waals surface area contributed by atoms with Crippen LogP contribution >= 0.6 is 0 Å². The van der Waals surface area contributed by atoms with Gasteiger partial charge in [-0.05, 0) is 54.9 Å². The number of esters is 1. The Hall–Kier alpha value is -2.36. The highest BCUT2D eigenvalue weighted by Gasteiger charge is 2.31. The zero-order valence-electron chi connectivity index (χ0n) is 19.4. The third-order valence-electron chi connectivity index (χ3n) is 7.19. The maximum absolute atomic E-state index is 15.3. The van der Waals surface area contributed by atoms with E-state index in [4.69, 9.17) is 9.47 Å². The summed E-state index contributed by atoms with van der Waals surface area (Å²) in [7, 11) is 0. The molecule has 1 heterocycles. The van der Waals surface area contributed by atoms with Gasteiger partial charge in [0.25, 0.3) is 0 Å². The Morgan fingerprint density at radius 1 is 0.938 bits per heavy atom. The Morgan fingerprint density at radius 3 is 2.28 bits per heavy atom. The molecule has 0 saturated heterocycles. The molecule has 0 radical (unpaired) electrons. The Morgan fingerprint density at radius 2 is 1.62 bits per heavy atom. The summed E-state index contributed by atoms with van der Waals surface area (Å²) in [6.07, 6.45) is 10.3. The van der Waals surface area contributed by atoms with Crippen LogP contribution in [0.2, 0.25) is 0 Å². The average molecular weight is 439 g/mol. The number of fused-ring (bicyclic) bond motifs is 1. The molecule has 1 aliphatic carbocycles. The Kier molecular flexibility index (Phi) is 7.49. The van der Waals surface area contributed by atoms with E-state index >= 15 is 4.39 Å². The van der Waals surface area contributed by atoms with Crippen molar-refractivity contribution in [3.8, 4) is 16.9 Å². The summed E-state index contributed by atoms with van der Waals surface area (Å²) in [6.45, 7) is 4.78. The zero-order chi connectivity index (χ0) is 22.5. The molecule has 0 spiro atoms. The molecule has 0 bridgehead atoms. The second-order valence-corrected chi connectivity index (χ2v) is 9.40. The molecule has 2 aliphatic rings. The van der Waals surface area contributed by atoms with Crippen LogP contribution in [0.15, 0.2) is 36.4 Å². The van der Waals surface area contributed by atoms with Gasteiger partial charge >= 0.3 is 5.97 Å². The van der Waals surface area contributed by atoms with Gasteiger partial charge in [-0.3, -0.25) is 0 Å².